The second-order valence-corrected chi connectivity index (χ2v) is 8.06. The third-order valence-electron chi connectivity index (χ3n) is 4.20. The summed E-state index contributed by atoms with van der Waals surface area (Å²) in [6.45, 7) is 5.00. The number of hydrogen-bond acceptors (Lipinski definition) is 7. The van der Waals surface area contributed by atoms with Crippen molar-refractivity contribution in [3.8, 4) is 0 Å². The number of nitrogens with zero attached hydrogens (tertiary/aromatic N) is 4. The Morgan fingerprint density at radius 1 is 1.00 bits per heavy atom. The Hall–Kier alpha value is -2.72. The van der Waals surface area contributed by atoms with Crippen LogP contribution < -0.4 is 14.9 Å². The van der Waals surface area contributed by atoms with Gasteiger partial charge in [-0.25, -0.2) is 8.42 Å². The number of rotatable bonds is 5. The molecule has 1 aromatic heterocycles. The lowest BCUT2D eigenvalue weighted by Gasteiger charge is -2.32. The van der Waals surface area contributed by atoms with Crippen molar-refractivity contribution in [1.82, 2.24) is 15.1 Å². The van der Waals surface area contributed by atoms with E-state index in [9.17, 15) is 13.2 Å². The molecule has 1 fully saturated rings. The molecule has 2 aromatic rings. The molecule has 1 aromatic carbocycles. The number of aromatic nitrogens is 2. The van der Waals surface area contributed by atoms with Gasteiger partial charge in [0.2, 0.25) is 5.91 Å². The number of carbonyl (C=O) groups excluding carboxylic acids is 1. The average molecular weight is 390 g/mol. The van der Waals surface area contributed by atoms with Crippen LogP contribution in [-0.2, 0) is 14.8 Å². The summed E-state index contributed by atoms with van der Waals surface area (Å²) in [5, 5.41) is 10.7. The third kappa shape index (κ3) is 4.92. The molecule has 27 heavy (non-hydrogen) atoms. The number of anilines is 3. The minimum absolute atomic E-state index is 0.0709. The van der Waals surface area contributed by atoms with Crippen LogP contribution in [0.4, 0.5) is 17.3 Å². The Balaban J connectivity index is 1.67. The van der Waals surface area contributed by atoms with Crippen molar-refractivity contribution in [2.24, 2.45) is 0 Å². The summed E-state index contributed by atoms with van der Waals surface area (Å²) in [4.78, 5) is 15.5. The van der Waals surface area contributed by atoms with Crippen LogP contribution in [0.25, 0.3) is 0 Å². The van der Waals surface area contributed by atoms with Crippen LogP contribution in [0.2, 0.25) is 0 Å². The van der Waals surface area contributed by atoms with E-state index >= 15 is 0 Å². The quantitative estimate of drug-likeness (QED) is 0.784. The number of carbonyl (C=O) groups is 1. The van der Waals surface area contributed by atoms with E-state index in [1.165, 1.54) is 31.2 Å². The molecule has 1 aliphatic heterocycles. The zero-order valence-corrected chi connectivity index (χ0v) is 16.0. The van der Waals surface area contributed by atoms with Crippen LogP contribution in [-0.4, -0.2) is 62.6 Å². The number of likely N-dealkylation sites (N-methyl/N-ethyl adjacent to an activating group) is 1. The van der Waals surface area contributed by atoms with Crippen molar-refractivity contribution < 1.29 is 13.2 Å². The Morgan fingerprint density at radius 2 is 1.67 bits per heavy atom. The number of amides is 1. The summed E-state index contributed by atoms with van der Waals surface area (Å²) < 4.78 is 27.4. The maximum absolute atomic E-state index is 12.5. The van der Waals surface area contributed by atoms with E-state index in [0.717, 1.165) is 32.0 Å². The molecule has 3 rings (SSSR count). The first-order chi connectivity index (χ1) is 12.8. The maximum atomic E-state index is 12.5. The van der Waals surface area contributed by atoms with Crippen LogP contribution in [0.15, 0.2) is 41.3 Å². The van der Waals surface area contributed by atoms with Gasteiger partial charge in [0.1, 0.15) is 0 Å². The van der Waals surface area contributed by atoms with Gasteiger partial charge in [-0.1, -0.05) is 0 Å². The number of piperazine rings is 1. The average Bonchev–Trinajstić information content (AvgIpc) is 2.63. The number of benzene rings is 1. The van der Waals surface area contributed by atoms with Gasteiger partial charge >= 0.3 is 0 Å². The van der Waals surface area contributed by atoms with E-state index in [4.69, 9.17) is 0 Å². The third-order valence-corrected chi connectivity index (χ3v) is 5.57. The van der Waals surface area contributed by atoms with E-state index in [1.807, 2.05) is 0 Å². The van der Waals surface area contributed by atoms with Crippen molar-refractivity contribution in [3.05, 3.63) is 36.4 Å². The highest BCUT2D eigenvalue weighted by molar-refractivity contribution is 7.92. The number of nitrogens with one attached hydrogen (secondary N) is 2. The largest absolute Gasteiger partial charge is 0.353 e. The fourth-order valence-corrected chi connectivity index (χ4v) is 3.70. The number of sulfonamides is 1. The lowest BCUT2D eigenvalue weighted by Crippen LogP contribution is -2.44. The molecule has 1 aliphatic rings. The maximum Gasteiger partial charge on any atom is 0.263 e. The van der Waals surface area contributed by atoms with Gasteiger partial charge in [0, 0.05) is 38.8 Å². The van der Waals surface area contributed by atoms with Crippen molar-refractivity contribution in [3.63, 3.8) is 0 Å². The SMILES string of the molecule is CC(=O)Nc1ccc(S(=O)(=O)Nc2ccc(N3CCN(C)CC3)nn2)cc1. The summed E-state index contributed by atoms with van der Waals surface area (Å²) in [5.74, 6) is 0.656. The zero-order valence-electron chi connectivity index (χ0n) is 15.2. The highest BCUT2D eigenvalue weighted by atomic mass is 32.2. The molecule has 1 saturated heterocycles. The summed E-state index contributed by atoms with van der Waals surface area (Å²) in [6.07, 6.45) is 0. The monoisotopic (exact) mass is 390 g/mol. The second-order valence-electron chi connectivity index (χ2n) is 6.38. The number of hydrogen-bond donors (Lipinski definition) is 2. The normalized spacial score (nSPS) is 15.4. The van der Waals surface area contributed by atoms with Gasteiger partial charge in [-0.2, -0.15) is 0 Å². The van der Waals surface area contributed by atoms with E-state index in [-0.39, 0.29) is 16.6 Å². The Morgan fingerprint density at radius 3 is 2.22 bits per heavy atom. The standard InChI is InChI=1S/C17H22N6O3S/c1-13(24)18-14-3-5-15(6-4-14)27(25,26)21-16-7-8-17(20-19-16)23-11-9-22(2)10-12-23/h3-8H,9-12H2,1-2H3,(H,18,24)(H,19,21). The second kappa shape index (κ2) is 7.89. The molecule has 0 radical (unpaired) electrons. The van der Waals surface area contributed by atoms with Crippen LogP contribution in [0.5, 0.6) is 0 Å². The van der Waals surface area contributed by atoms with E-state index in [2.05, 4.69) is 37.1 Å². The summed E-state index contributed by atoms with van der Waals surface area (Å²) in [6, 6.07) is 9.25. The minimum Gasteiger partial charge on any atom is -0.353 e. The lowest BCUT2D eigenvalue weighted by molar-refractivity contribution is -0.114. The molecule has 0 atom stereocenters. The van der Waals surface area contributed by atoms with Gasteiger partial charge in [0.05, 0.1) is 4.90 Å². The van der Waals surface area contributed by atoms with Crippen LogP contribution in [0.1, 0.15) is 6.92 Å². The first-order valence-corrected chi connectivity index (χ1v) is 9.99. The molecule has 2 N–H and O–H groups in total. The van der Waals surface area contributed by atoms with Gasteiger partial charge in [0.15, 0.2) is 11.6 Å². The van der Waals surface area contributed by atoms with Crippen LogP contribution >= 0.6 is 0 Å². The molecule has 0 saturated carbocycles. The van der Waals surface area contributed by atoms with E-state index in [0.29, 0.717) is 5.69 Å². The van der Waals surface area contributed by atoms with Crippen LogP contribution in [0, 0.1) is 0 Å². The molecule has 0 bridgehead atoms. The highest BCUT2D eigenvalue weighted by Crippen LogP contribution is 2.18. The van der Waals surface area contributed by atoms with Gasteiger partial charge in [0.25, 0.3) is 10.0 Å². The van der Waals surface area contributed by atoms with Crippen LogP contribution in [0.3, 0.4) is 0 Å². The zero-order chi connectivity index (χ0) is 19.4. The fraction of sp³-hybridized carbons (Fsp3) is 0.353. The molecule has 10 heteroatoms. The molecular weight excluding hydrogens is 368 g/mol. The smallest absolute Gasteiger partial charge is 0.263 e. The molecule has 0 aliphatic carbocycles. The van der Waals surface area contributed by atoms with Crippen molar-refractivity contribution in [2.75, 3.05) is 48.2 Å². The Labute approximate surface area is 158 Å². The molecule has 1 amide bonds. The topological polar surface area (TPSA) is 108 Å². The molecule has 144 valence electrons. The minimum atomic E-state index is -3.79. The molecular formula is C17H22N6O3S. The van der Waals surface area contributed by atoms with Gasteiger partial charge in [-0.3, -0.25) is 9.52 Å². The molecule has 9 nitrogen and oxygen atoms in total. The fourth-order valence-electron chi connectivity index (χ4n) is 2.70. The van der Waals surface area contributed by atoms with Gasteiger partial charge in [-0.05, 0) is 43.4 Å². The lowest BCUT2D eigenvalue weighted by atomic mass is 10.3. The summed E-state index contributed by atoms with van der Waals surface area (Å²) >= 11 is 0. The van der Waals surface area contributed by atoms with Crippen molar-refractivity contribution in [2.45, 2.75) is 11.8 Å². The van der Waals surface area contributed by atoms with Crippen molar-refractivity contribution in [1.29, 1.82) is 0 Å². The van der Waals surface area contributed by atoms with Gasteiger partial charge < -0.3 is 15.1 Å². The molecule has 0 unspecified atom stereocenters. The first kappa shape index (κ1) is 19.1. The van der Waals surface area contributed by atoms with Crippen molar-refractivity contribution >= 4 is 33.3 Å². The predicted molar refractivity (Wildman–Crippen MR) is 103 cm³/mol. The van der Waals surface area contributed by atoms with E-state index < -0.39 is 10.0 Å². The molecule has 0 spiro atoms. The van der Waals surface area contributed by atoms with E-state index in [1.54, 1.807) is 12.1 Å². The molecule has 2 heterocycles. The van der Waals surface area contributed by atoms with Gasteiger partial charge in [-0.15, -0.1) is 10.2 Å². The highest BCUT2D eigenvalue weighted by Gasteiger charge is 2.18. The Kier molecular flexibility index (Phi) is 5.57. The summed E-state index contributed by atoms with van der Waals surface area (Å²) in [5.41, 5.74) is 0.526. The first-order valence-electron chi connectivity index (χ1n) is 8.51. The summed E-state index contributed by atoms with van der Waals surface area (Å²) in [7, 11) is -1.72. The Bertz CT molecular complexity index is 891. The predicted octanol–water partition coefficient (Wildman–Crippen LogP) is 0.988.